The van der Waals surface area contributed by atoms with Gasteiger partial charge in [0.25, 0.3) is 11.4 Å². The molecule has 162 valence electrons. The largest absolute Gasteiger partial charge is 0.486 e. The van der Waals surface area contributed by atoms with E-state index >= 15 is 0 Å². The van der Waals surface area contributed by atoms with Crippen LogP contribution in [0.25, 0.3) is 0 Å². The molecule has 2 atom stereocenters. The van der Waals surface area contributed by atoms with Crippen molar-refractivity contribution in [2.24, 2.45) is 0 Å². The molecule has 11 heteroatoms. The van der Waals surface area contributed by atoms with Gasteiger partial charge in [-0.3, -0.25) is 20.2 Å². The van der Waals surface area contributed by atoms with Crippen LogP contribution in [0.15, 0.2) is 36.4 Å². The molecule has 0 amide bonds. The van der Waals surface area contributed by atoms with Gasteiger partial charge in [0.05, 0.1) is 21.5 Å². The van der Waals surface area contributed by atoms with Crippen molar-refractivity contribution in [3.63, 3.8) is 0 Å². The topological polar surface area (TPSA) is 140 Å². The van der Waals surface area contributed by atoms with E-state index in [-0.39, 0.29) is 12.4 Å². The van der Waals surface area contributed by atoms with Gasteiger partial charge in [0.1, 0.15) is 18.0 Å². The van der Waals surface area contributed by atoms with Crippen molar-refractivity contribution in [2.75, 3.05) is 6.79 Å². The maximum absolute atomic E-state index is 12.7. The summed E-state index contributed by atoms with van der Waals surface area (Å²) in [5, 5.41) is 22.1. The fourth-order valence-electron chi connectivity index (χ4n) is 3.59. The predicted octanol–water partition coefficient (Wildman–Crippen LogP) is 3.78. The third-order valence-corrected chi connectivity index (χ3v) is 5.09. The zero-order valence-electron chi connectivity index (χ0n) is 16.2. The van der Waals surface area contributed by atoms with E-state index in [0.29, 0.717) is 30.1 Å². The Morgan fingerprint density at radius 1 is 0.903 bits per heavy atom. The molecule has 1 heterocycles. The number of benzene rings is 2. The second-order valence-corrected chi connectivity index (χ2v) is 7.15. The van der Waals surface area contributed by atoms with E-state index < -0.39 is 39.4 Å². The molecule has 0 unspecified atom stereocenters. The molecule has 0 bridgehead atoms. The van der Waals surface area contributed by atoms with Crippen LogP contribution in [-0.4, -0.2) is 34.8 Å². The van der Waals surface area contributed by atoms with Crippen LogP contribution < -0.4 is 14.2 Å². The third-order valence-electron chi connectivity index (χ3n) is 5.09. The van der Waals surface area contributed by atoms with Gasteiger partial charge >= 0.3 is 5.97 Å². The summed E-state index contributed by atoms with van der Waals surface area (Å²) in [5.41, 5.74) is -1.37. The lowest BCUT2D eigenvalue weighted by molar-refractivity contribution is -0.394. The smallest absolute Gasteiger partial charge is 0.339 e. The molecular weight excluding hydrogens is 412 g/mol. The molecular formula is C20H18N2O9. The highest BCUT2D eigenvalue weighted by atomic mass is 16.7. The SMILES string of the molecule is O=C(O[C@H]1CCCC[C@@H]1Oc1ccc2c(c1)OCO2)c1cc([N+](=O)[O-])cc([N+](=O)[O-])c1. The fourth-order valence-corrected chi connectivity index (χ4v) is 3.59. The van der Waals surface area contributed by atoms with Gasteiger partial charge in [-0.05, 0) is 37.8 Å². The Hall–Kier alpha value is -3.89. The van der Waals surface area contributed by atoms with Crippen LogP contribution in [0, 0.1) is 20.2 Å². The first-order valence-electron chi connectivity index (χ1n) is 9.62. The van der Waals surface area contributed by atoms with E-state index in [0.717, 1.165) is 31.0 Å². The number of carbonyl (C=O) groups excluding carboxylic acids is 1. The number of hydrogen-bond donors (Lipinski definition) is 0. The lowest BCUT2D eigenvalue weighted by Gasteiger charge is -2.31. The fraction of sp³-hybridized carbons (Fsp3) is 0.350. The molecule has 0 radical (unpaired) electrons. The number of rotatable bonds is 6. The van der Waals surface area contributed by atoms with Crippen LogP contribution in [0.2, 0.25) is 0 Å². The monoisotopic (exact) mass is 430 g/mol. The molecule has 0 N–H and O–H groups in total. The highest BCUT2D eigenvalue weighted by molar-refractivity contribution is 5.91. The summed E-state index contributed by atoms with van der Waals surface area (Å²) in [4.78, 5) is 33.2. The van der Waals surface area contributed by atoms with Gasteiger partial charge in [0, 0.05) is 18.2 Å². The number of carbonyl (C=O) groups is 1. The number of ether oxygens (including phenoxy) is 4. The predicted molar refractivity (Wildman–Crippen MR) is 104 cm³/mol. The third kappa shape index (κ3) is 4.49. The molecule has 4 rings (SSSR count). The minimum absolute atomic E-state index is 0.137. The average molecular weight is 430 g/mol. The summed E-state index contributed by atoms with van der Waals surface area (Å²) >= 11 is 0. The summed E-state index contributed by atoms with van der Waals surface area (Å²) < 4.78 is 22.2. The quantitative estimate of drug-likeness (QED) is 0.380. The Morgan fingerprint density at radius 2 is 1.55 bits per heavy atom. The van der Waals surface area contributed by atoms with Gasteiger partial charge in [-0.2, -0.15) is 0 Å². The number of non-ortho nitro benzene ring substituents is 2. The highest BCUT2D eigenvalue weighted by Gasteiger charge is 2.32. The van der Waals surface area contributed by atoms with Crippen LogP contribution in [0.3, 0.4) is 0 Å². The van der Waals surface area contributed by atoms with Gasteiger partial charge in [0.2, 0.25) is 6.79 Å². The average Bonchev–Trinajstić information content (AvgIpc) is 3.22. The summed E-state index contributed by atoms with van der Waals surface area (Å²) in [5.74, 6) is 0.832. The minimum Gasteiger partial charge on any atom is -0.486 e. The van der Waals surface area contributed by atoms with E-state index in [1.165, 1.54) is 0 Å². The first-order valence-corrected chi connectivity index (χ1v) is 9.62. The maximum atomic E-state index is 12.7. The van der Waals surface area contributed by atoms with Crippen molar-refractivity contribution in [3.05, 3.63) is 62.2 Å². The van der Waals surface area contributed by atoms with Crippen molar-refractivity contribution in [1.29, 1.82) is 0 Å². The molecule has 1 aliphatic heterocycles. The van der Waals surface area contributed by atoms with Crippen molar-refractivity contribution in [1.82, 2.24) is 0 Å². The van der Waals surface area contributed by atoms with Crippen LogP contribution >= 0.6 is 0 Å². The molecule has 2 aromatic rings. The summed E-state index contributed by atoms with van der Waals surface area (Å²) in [6.07, 6.45) is 1.83. The molecule has 0 aromatic heterocycles. The minimum atomic E-state index is -0.877. The zero-order chi connectivity index (χ0) is 22.0. The molecule has 31 heavy (non-hydrogen) atoms. The molecule has 0 saturated heterocycles. The number of nitrogens with zero attached hydrogens (tertiary/aromatic N) is 2. The molecule has 0 spiro atoms. The first kappa shape index (κ1) is 20.4. The molecule has 2 aromatic carbocycles. The standard InChI is InChI=1S/C20H18N2O9/c23-20(12-7-13(21(24)25)9-14(8-12)22(26)27)31-18-4-2-1-3-17(18)30-15-5-6-16-19(10-15)29-11-28-16/h5-10,17-18H,1-4,11H2/t17-,18-/m0/s1. The number of nitro groups is 2. The van der Waals surface area contributed by atoms with Crippen molar-refractivity contribution in [2.45, 2.75) is 37.9 Å². The Labute approximate surface area is 175 Å². The van der Waals surface area contributed by atoms with Gasteiger partial charge in [-0.1, -0.05) is 0 Å². The van der Waals surface area contributed by atoms with E-state index in [2.05, 4.69) is 0 Å². The van der Waals surface area contributed by atoms with Gasteiger partial charge in [-0.25, -0.2) is 4.79 Å². The molecule has 2 aliphatic rings. The Balaban J connectivity index is 1.51. The van der Waals surface area contributed by atoms with Crippen molar-refractivity contribution < 1.29 is 33.6 Å². The number of nitro benzene ring substituents is 2. The normalized spacial score (nSPS) is 19.5. The van der Waals surface area contributed by atoms with Gasteiger partial charge in [0.15, 0.2) is 11.5 Å². The van der Waals surface area contributed by atoms with E-state index in [1.807, 2.05) is 0 Å². The van der Waals surface area contributed by atoms with Crippen LogP contribution in [0.5, 0.6) is 17.2 Å². The number of esters is 1. The van der Waals surface area contributed by atoms with Crippen LogP contribution in [-0.2, 0) is 4.74 Å². The zero-order valence-corrected chi connectivity index (χ0v) is 16.2. The second kappa shape index (κ2) is 8.46. The molecule has 1 aliphatic carbocycles. The van der Waals surface area contributed by atoms with Gasteiger partial charge < -0.3 is 18.9 Å². The Bertz CT molecular complexity index is 1010. The molecule has 11 nitrogen and oxygen atoms in total. The summed E-state index contributed by atoms with van der Waals surface area (Å²) in [6, 6.07) is 7.87. The Kier molecular flexibility index (Phi) is 5.56. The van der Waals surface area contributed by atoms with Gasteiger partial charge in [-0.15, -0.1) is 0 Å². The van der Waals surface area contributed by atoms with E-state index in [1.54, 1.807) is 18.2 Å². The molecule has 1 saturated carbocycles. The van der Waals surface area contributed by atoms with Crippen LogP contribution in [0.4, 0.5) is 11.4 Å². The van der Waals surface area contributed by atoms with Crippen molar-refractivity contribution >= 4 is 17.3 Å². The maximum Gasteiger partial charge on any atom is 0.339 e. The Morgan fingerprint density at radius 3 is 2.23 bits per heavy atom. The highest BCUT2D eigenvalue weighted by Crippen LogP contribution is 2.36. The first-order chi connectivity index (χ1) is 14.9. The van der Waals surface area contributed by atoms with E-state index in [4.69, 9.17) is 18.9 Å². The number of hydrogen-bond acceptors (Lipinski definition) is 9. The number of fused-ring (bicyclic) bond motifs is 1. The summed E-state index contributed by atoms with van der Waals surface area (Å²) in [6.45, 7) is 0.137. The van der Waals surface area contributed by atoms with Crippen LogP contribution in [0.1, 0.15) is 36.0 Å². The van der Waals surface area contributed by atoms with Crippen molar-refractivity contribution in [3.8, 4) is 17.2 Å². The lowest BCUT2D eigenvalue weighted by Crippen LogP contribution is -2.38. The lowest BCUT2D eigenvalue weighted by atomic mass is 9.94. The summed E-state index contributed by atoms with van der Waals surface area (Å²) in [7, 11) is 0. The van der Waals surface area contributed by atoms with E-state index in [9.17, 15) is 25.0 Å². The second-order valence-electron chi connectivity index (χ2n) is 7.15. The molecule has 1 fully saturated rings.